The van der Waals surface area contributed by atoms with Crippen LogP contribution in [0, 0.1) is 0 Å². The SMILES string of the molecule is CC(C(=O)Cc1cc2cc(-c3cnn(C)c3)cnc2cn1)N1CCCCC1. The van der Waals surface area contributed by atoms with Crippen LogP contribution < -0.4 is 0 Å². The van der Waals surface area contributed by atoms with Crippen molar-refractivity contribution < 1.29 is 4.79 Å². The molecule has 4 rings (SSSR count). The Morgan fingerprint density at radius 1 is 1.07 bits per heavy atom. The summed E-state index contributed by atoms with van der Waals surface area (Å²) in [4.78, 5) is 24.0. The lowest BCUT2D eigenvalue weighted by Crippen LogP contribution is -2.42. The second-order valence-electron chi connectivity index (χ2n) is 7.41. The molecule has 1 unspecified atom stereocenters. The second kappa shape index (κ2) is 7.56. The highest BCUT2D eigenvalue weighted by Crippen LogP contribution is 2.22. The van der Waals surface area contributed by atoms with E-state index in [1.807, 2.05) is 38.6 Å². The van der Waals surface area contributed by atoms with Crippen LogP contribution in [-0.4, -0.2) is 49.6 Å². The van der Waals surface area contributed by atoms with E-state index in [-0.39, 0.29) is 11.8 Å². The van der Waals surface area contributed by atoms with Crippen molar-refractivity contribution in [3.63, 3.8) is 0 Å². The van der Waals surface area contributed by atoms with Crippen molar-refractivity contribution in [2.24, 2.45) is 7.05 Å². The van der Waals surface area contributed by atoms with Crippen LogP contribution in [-0.2, 0) is 18.3 Å². The van der Waals surface area contributed by atoms with Gasteiger partial charge in [-0.1, -0.05) is 6.42 Å². The lowest BCUT2D eigenvalue weighted by Gasteiger charge is -2.31. The zero-order valence-corrected chi connectivity index (χ0v) is 15.9. The second-order valence-corrected chi connectivity index (χ2v) is 7.41. The van der Waals surface area contributed by atoms with E-state index in [1.165, 1.54) is 19.3 Å². The van der Waals surface area contributed by atoms with Crippen molar-refractivity contribution in [3.05, 3.63) is 42.6 Å². The highest BCUT2D eigenvalue weighted by molar-refractivity contribution is 5.87. The lowest BCUT2D eigenvalue weighted by atomic mass is 10.0. The molecule has 1 saturated heterocycles. The minimum atomic E-state index is -0.0392. The first-order valence-corrected chi connectivity index (χ1v) is 9.60. The summed E-state index contributed by atoms with van der Waals surface area (Å²) in [7, 11) is 1.90. The van der Waals surface area contributed by atoms with Crippen LogP contribution in [0.5, 0.6) is 0 Å². The number of likely N-dealkylation sites (tertiary alicyclic amines) is 1. The fourth-order valence-corrected chi connectivity index (χ4v) is 3.74. The van der Waals surface area contributed by atoms with Crippen molar-refractivity contribution in [1.82, 2.24) is 24.6 Å². The summed E-state index contributed by atoms with van der Waals surface area (Å²) in [6.45, 7) is 4.07. The first-order chi connectivity index (χ1) is 13.1. The van der Waals surface area contributed by atoms with E-state index in [4.69, 9.17) is 0 Å². The van der Waals surface area contributed by atoms with Crippen molar-refractivity contribution >= 4 is 16.7 Å². The lowest BCUT2D eigenvalue weighted by molar-refractivity contribution is -0.123. The van der Waals surface area contributed by atoms with Crippen LogP contribution in [0.2, 0.25) is 0 Å². The van der Waals surface area contributed by atoms with Crippen LogP contribution in [0.1, 0.15) is 31.9 Å². The molecule has 3 aromatic heterocycles. The summed E-state index contributed by atoms with van der Waals surface area (Å²) in [5, 5.41) is 5.22. The van der Waals surface area contributed by atoms with E-state index >= 15 is 0 Å². The van der Waals surface area contributed by atoms with Gasteiger partial charge in [-0.3, -0.25) is 24.3 Å². The van der Waals surface area contributed by atoms with E-state index < -0.39 is 0 Å². The predicted octanol–water partition coefficient (Wildman–Crippen LogP) is 3.02. The third-order valence-corrected chi connectivity index (χ3v) is 5.42. The molecule has 27 heavy (non-hydrogen) atoms. The molecule has 0 radical (unpaired) electrons. The molecule has 6 heteroatoms. The van der Waals surface area contributed by atoms with Gasteiger partial charge in [-0.25, -0.2) is 0 Å². The molecule has 3 aromatic rings. The van der Waals surface area contributed by atoms with Crippen molar-refractivity contribution in [3.8, 4) is 11.1 Å². The van der Waals surface area contributed by atoms with Gasteiger partial charge in [-0.05, 0) is 45.0 Å². The summed E-state index contributed by atoms with van der Waals surface area (Å²) >= 11 is 0. The van der Waals surface area contributed by atoms with Gasteiger partial charge in [0.15, 0.2) is 5.78 Å². The maximum absolute atomic E-state index is 12.7. The highest BCUT2D eigenvalue weighted by atomic mass is 16.1. The van der Waals surface area contributed by atoms with Crippen molar-refractivity contribution in [2.75, 3.05) is 13.1 Å². The number of Topliss-reactive ketones (excluding diaryl/α,β-unsaturated/α-hetero) is 1. The fraction of sp³-hybridized carbons (Fsp3) is 0.429. The molecule has 6 nitrogen and oxygen atoms in total. The van der Waals surface area contributed by atoms with Crippen molar-refractivity contribution in [2.45, 2.75) is 38.6 Å². The minimum Gasteiger partial charge on any atom is -0.298 e. The molecule has 0 spiro atoms. The van der Waals surface area contributed by atoms with E-state index in [9.17, 15) is 4.79 Å². The monoisotopic (exact) mass is 363 g/mol. The van der Waals surface area contributed by atoms with Gasteiger partial charge >= 0.3 is 0 Å². The molecule has 0 aromatic carbocycles. The Hall–Kier alpha value is -2.60. The topological polar surface area (TPSA) is 63.9 Å². The molecule has 1 aliphatic heterocycles. The Kier molecular flexibility index (Phi) is 4.99. The molecule has 1 atom stereocenters. The molecule has 0 aliphatic carbocycles. The van der Waals surface area contributed by atoms with Gasteiger partial charge in [0.2, 0.25) is 0 Å². The number of aryl methyl sites for hydroxylation is 1. The van der Waals surface area contributed by atoms with Gasteiger partial charge in [0.1, 0.15) is 0 Å². The molecule has 1 aliphatic rings. The van der Waals surface area contributed by atoms with Gasteiger partial charge < -0.3 is 0 Å². The molecule has 140 valence electrons. The minimum absolute atomic E-state index is 0.0392. The van der Waals surface area contributed by atoms with Crippen LogP contribution in [0.4, 0.5) is 0 Å². The maximum atomic E-state index is 12.7. The number of hydrogen-bond acceptors (Lipinski definition) is 5. The van der Waals surface area contributed by atoms with Gasteiger partial charge in [-0.2, -0.15) is 5.10 Å². The van der Waals surface area contributed by atoms with Gasteiger partial charge in [0, 0.05) is 41.6 Å². The zero-order valence-electron chi connectivity index (χ0n) is 15.9. The van der Waals surface area contributed by atoms with E-state index in [1.54, 1.807) is 10.9 Å². The number of aromatic nitrogens is 4. The van der Waals surface area contributed by atoms with Gasteiger partial charge in [-0.15, -0.1) is 0 Å². The van der Waals surface area contributed by atoms with Gasteiger partial charge in [0.25, 0.3) is 0 Å². The first-order valence-electron chi connectivity index (χ1n) is 9.60. The molecule has 4 heterocycles. The van der Waals surface area contributed by atoms with Crippen LogP contribution in [0.15, 0.2) is 36.9 Å². The number of piperidine rings is 1. The zero-order chi connectivity index (χ0) is 18.8. The molecule has 0 amide bonds. The number of nitrogens with zero attached hydrogens (tertiary/aromatic N) is 5. The number of pyridine rings is 2. The number of rotatable bonds is 5. The van der Waals surface area contributed by atoms with E-state index in [0.29, 0.717) is 6.42 Å². The summed E-state index contributed by atoms with van der Waals surface area (Å²) in [5.74, 6) is 0.236. The predicted molar refractivity (Wildman–Crippen MR) is 105 cm³/mol. The summed E-state index contributed by atoms with van der Waals surface area (Å²) in [5.41, 5.74) is 3.69. The Bertz CT molecular complexity index is 958. The Labute approximate surface area is 159 Å². The number of hydrogen-bond donors (Lipinski definition) is 0. The highest BCUT2D eigenvalue weighted by Gasteiger charge is 2.23. The average molecular weight is 363 g/mol. The fourth-order valence-electron chi connectivity index (χ4n) is 3.74. The van der Waals surface area contributed by atoms with Crippen LogP contribution in [0.25, 0.3) is 22.0 Å². The normalized spacial score (nSPS) is 16.5. The molecule has 1 fully saturated rings. The third-order valence-electron chi connectivity index (χ3n) is 5.42. The average Bonchev–Trinajstić information content (AvgIpc) is 3.14. The Morgan fingerprint density at radius 2 is 1.89 bits per heavy atom. The smallest absolute Gasteiger partial charge is 0.155 e. The Morgan fingerprint density at radius 3 is 2.63 bits per heavy atom. The standard InChI is InChI=1S/C21H25N5O/c1-15(26-6-4-3-5-7-26)21(27)10-19-9-16-8-17(11-23-20(16)13-22-19)18-12-24-25(2)14-18/h8-9,11-15H,3-7,10H2,1-2H3. The molecule has 0 bridgehead atoms. The number of ketones is 1. The quantitative estimate of drug-likeness (QED) is 0.697. The maximum Gasteiger partial charge on any atom is 0.155 e. The largest absolute Gasteiger partial charge is 0.298 e. The first kappa shape index (κ1) is 17.8. The molecular formula is C21H25N5O. The van der Waals surface area contributed by atoms with Crippen LogP contribution in [0.3, 0.4) is 0 Å². The summed E-state index contributed by atoms with van der Waals surface area (Å²) < 4.78 is 1.78. The summed E-state index contributed by atoms with van der Waals surface area (Å²) in [6, 6.07) is 4.04. The number of carbonyl (C=O) groups excluding carboxylic acids is 1. The van der Waals surface area contributed by atoms with Gasteiger partial charge in [0.05, 0.1) is 30.4 Å². The molecular weight excluding hydrogens is 338 g/mol. The van der Waals surface area contributed by atoms with E-state index in [0.717, 1.165) is 40.8 Å². The van der Waals surface area contributed by atoms with E-state index in [2.05, 4.69) is 26.0 Å². The third kappa shape index (κ3) is 3.90. The number of carbonyl (C=O) groups is 1. The molecule has 0 N–H and O–H groups in total. The van der Waals surface area contributed by atoms with Crippen molar-refractivity contribution in [1.29, 1.82) is 0 Å². The number of fused-ring (bicyclic) bond motifs is 1. The Balaban J connectivity index is 1.54. The van der Waals surface area contributed by atoms with Crippen LogP contribution >= 0.6 is 0 Å². The molecule has 0 saturated carbocycles. The summed E-state index contributed by atoms with van der Waals surface area (Å²) in [6.07, 6.45) is 11.4.